The lowest BCUT2D eigenvalue weighted by molar-refractivity contribution is -0.135. The highest BCUT2D eigenvalue weighted by atomic mass is 127. The largest absolute Gasteiger partial charge is 0.387 e. The van der Waals surface area contributed by atoms with Gasteiger partial charge in [0.05, 0.1) is 29.7 Å². The van der Waals surface area contributed by atoms with E-state index in [4.69, 9.17) is 17.2 Å². The van der Waals surface area contributed by atoms with Crippen molar-refractivity contribution in [3.05, 3.63) is 0 Å². The van der Waals surface area contributed by atoms with Crippen LogP contribution in [0.25, 0.3) is 0 Å². The second-order valence-corrected chi connectivity index (χ2v) is 23.0. The molecule has 331 valence electrons. The number of hydrogen-bond acceptors (Lipinski definition) is 8. The number of ketones is 2. The Morgan fingerprint density at radius 2 is 1.10 bits per heavy atom. The summed E-state index contributed by atoms with van der Waals surface area (Å²) in [6, 6.07) is 0. The van der Waals surface area contributed by atoms with Crippen molar-refractivity contribution in [2.45, 2.75) is 155 Å². The van der Waals surface area contributed by atoms with E-state index in [9.17, 15) is 19.8 Å². The summed E-state index contributed by atoms with van der Waals surface area (Å²) < 4.78 is 10.6. The number of carbonyl (C=O) groups excluding carboxylic acids is 2. The maximum Gasteiger partial charge on any atom is 0.149 e. The summed E-state index contributed by atoms with van der Waals surface area (Å²) in [5.41, 5.74) is -0.665. The smallest absolute Gasteiger partial charge is 0.149 e. The van der Waals surface area contributed by atoms with Gasteiger partial charge in [0.15, 0.2) is 0 Å². The van der Waals surface area contributed by atoms with Gasteiger partial charge in [0.1, 0.15) is 18.0 Å². The lowest BCUT2D eigenvalue weighted by Crippen LogP contribution is -2.52. The predicted molar refractivity (Wildman–Crippen MR) is 267 cm³/mol. The van der Waals surface area contributed by atoms with E-state index < -0.39 is 11.2 Å². The van der Waals surface area contributed by atoms with Crippen LogP contribution in [0.2, 0.25) is 0 Å². The van der Waals surface area contributed by atoms with E-state index in [0.717, 1.165) is 85.9 Å². The van der Waals surface area contributed by atoms with Crippen molar-refractivity contribution in [2.75, 3.05) is 32.8 Å². The van der Waals surface area contributed by atoms with Crippen LogP contribution in [0, 0.1) is 81.8 Å². The Balaban J connectivity index is 0.000000223. The molecular formula is C45H76B2BrI2O6S2. The summed E-state index contributed by atoms with van der Waals surface area (Å²) in [6.07, 6.45) is 22.6. The first-order chi connectivity index (χ1) is 27.2. The van der Waals surface area contributed by atoms with Crippen molar-refractivity contribution >= 4 is 103 Å². The molecule has 0 heterocycles. The third-order valence-corrected chi connectivity index (χ3v) is 19.6. The molecule has 58 heavy (non-hydrogen) atoms. The Bertz CT molecular complexity index is 1340. The van der Waals surface area contributed by atoms with Gasteiger partial charge in [-0.05, 0) is 235 Å². The zero-order valence-corrected chi connectivity index (χ0v) is 43.1. The Morgan fingerprint density at radius 1 is 0.707 bits per heavy atom. The standard InChI is InChI=1S/C22H35BrO3.C22H36O3.CH4.B2IS.HIS/c1-21-9-7-16-15-8-10-22(25,13-26-2)11-14(15)3-4-17(16)18(21)5-6-19(21)20(24)12-23;1-14(23)19-6-7-20-18-5-4-15-12-22(24,13-25-3)11-9-16(15)17(18)8-10-21(19,20)2;;1-2-4-3;1-2/h14-19,25H,3-13H2,1-2H3;15-20,24H,4-13H2,1-3H3;1H4;;2H/t14-,15-,16+,17+,18-,19+,21-,22+;15-,16-,17+,18+,19+,20-,21+,22+;;;/m00.../s1. The average Bonchev–Trinajstić information content (AvgIpc) is 3.75. The average molecular weight is 1130 g/mol. The number of thiol groups is 1. The molecule has 16 atom stereocenters. The van der Waals surface area contributed by atoms with Gasteiger partial charge in [0, 0.05) is 33.8 Å². The number of Topliss-reactive ketones (excluding diaryl/α,β-unsaturated/α-hetero) is 2. The Labute approximate surface area is 397 Å². The minimum absolute atomic E-state index is 0. The van der Waals surface area contributed by atoms with E-state index in [1.54, 1.807) is 14.2 Å². The molecule has 0 aromatic heterocycles. The maximum absolute atomic E-state index is 12.5. The number of fused-ring (bicyclic) bond motifs is 10. The maximum atomic E-state index is 12.5. The molecule has 8 saturated carbocycles. The molecule has 8 rings (SSSR count). The molecule has 2 N–H and O–H groups in total. The molecule has 3 radical (unpaired) electrons. The van der Waals surface area contributed by atoms with E-state index in [1.165, 1.54) is 92.3 Å². The number of carbonyl (C=O) groups is 2. The van der Waals surface area contributed by atoms with Gasteiger partial charge in [-0.3, -0.25) is 9.59 Å². The summed E-state index contributed by atoms with van der Waals surface area (Å²) in [4.78, 5) is 24.7. The van der Waals surface area contributed by atoms with Crippen molar-refractivity contribution in [3.8, 4) is 0 Å². The molecule has 0 spiro atoms. The molecule has 0 aliphatic heterocycles. The van der Waals surface area contributed by atoms with Crippen LogP contribution in [0.3, 0.4) is 0 Å². The zero-order chi connectivity index (χ0) is 41.8. The first-order valence-electron chi connectivity index (χ1n) is 22.2. The highest BCUT2D eigenvalue weighted by Crippen LogP contribution is 2.66. The Morgan fingerprint density at radius 3 is 1.48 bits per heavy atom. The summed E-state index contributed by atoms with van der Waals surface area (Å²) in [5, 5.41) is 22.2. The monoisotopic (exact) mass is 1130 g/mol. The Hall–Kier alpha value is 1.95. The highest BCUT2D eigenvalue weighted by molar-refractivity contribution is 14.2. The molecule has 0 amide bonds. The highest BCUT2D eigenvalue weighted by Gasteiger charge is 2.60. The number of halogens is 3. The first-order valence-corrected chi connectivity index (χ1v) is 30.0. The first kappa shape index (κ1) is 52.6. The van der Waals surface area contributed by atoms with Crippen molar-refractivity contribution in [1.29, 1.82) is 0 Å². The quantitative estimate of drug-likeness (QED) is 0.0965. The number of rotatable bonds is 8. The number of alkyl halides is 1. The number of hydrogen-bond donors (Lipinski definition) is 3. The van der Waals surface area contributed by atoms with Crippen molar-refractivity contribution in [2.24, 2.45) is 81.8 Å². The van der Waals surface area contributed by atoms with Gasteiger partial charge in [0.2, 0.25) is 0 Å². The van der Waals surface area contributed by atoms with Crippen molar-refractivity contribution in [1.82, 2.24) is 0 Å². The van der Waals surface area contributed by atoms with Gasteiger partial charge < -0.3 is 19.7 Å². The third-order valence-electron chi connectivity index (χ3n) is 18.1. The molecule has 0 aromatic carbocycles. The summed E-state index contributed by atoms with van der Waals surface area (Å²) in [6.45, 7) is 7.65. The van der Waals surface area contributed by atoms with Crippen LogP contribution in [0.1, 0.15) is 144 Å². The molecule has 8 aliphatic rings. The fourth-order valence-corrected chi connectivity index (χ4v) is 16.4. The molecule has 8 fully saturated rings. The SMILES string of the molecule is C.COC[C@@]1(O)CC[C@H]2[C@@H](CC[C@@H]3[C@@H]2CC[C@]2(C)[C@@H](C(=O)CBr)CC[C@@H]32)C1.COC[C@@]1(O)CC[C@H]2[C@@H](CC[C@@H]3[C@@H]2CC[C@]2(C)[C@@H](C(C)=O)CC[C@@H]32)C1.SI.[B][B]SI. The van der Waals surface area contributed by atoms with Crippen molar-refractivity contribution < 1.29 is 29.3 Å². The summed E-state index contributed by atoms with van der Waals surface area (Å²) in [7, 11) is 13.2. The summed E-state index contributed by atoms with van der Waals surface area (Å²) >= 11 is 7.35. The number of methoxy groups -OCH3 is 2. The van der Waals surface area contributed by atoms with Gasteiger partial charge in [-0.1, -0.05) is 37.2 Å². The van der Waals surface area contributed by atoms with Gasteiger partial charge in [0.25, 0.3) is 0 Å². The molecule has 8 aliphatic carbocycles. The van der Waals surface area contributed by atoms with E-state index >= 15 is 0 Å². The van der Waals surface area contributed by atoms with Crippen LogP contribution >= 0.6 is 76.9 Å². The topological polar surface area (TPSA) is 93.1 Å². The lowest BCUT2D eigenvalue weighted by atomic mass is 9.49. The van der Waals surface area contributed by atoms with E-state index in [0.29, 0.717) is 47.9 Å². The van der Waals surface area contributed by atoms with Gasteiger partial charge in [-0.2, -0.15) is 8.78 Å². The number of ether oxygens (including phenoxy) is 2. The van der Waals surface area contributed by atoms with E-state index in [-0.39, 0.29) is 24.2 Å². The fourth-order valence-electron chi connectivity index (χ4n) is 16.0. The van der Waals surface area contributed by atoms with Crippen LogP contribution in [-0.2, 0) is 19.1 Å². The van der Waals surface area contributed by atoms with Gasteiger partial charge >= 0.3 is 0 Å². The van der Waals surface area contributed by atoms with Crippen LogP contribution in [-0.4, -0.2) is 79.9 Å². The third kappa shape index (κ3) is 11.0. The molecule has 0 unspecified atom stereocenters. The van der Waals surface area contributed by atoms with Crippen LogP contribution in [0.4, 0.5) is 0 Å². The Kier molecular flexibility index (Phi) is 20.8. The fraction of sp³-hybridized carbons (Fsp3) is 0.956. The zero-order valence-electron chi connectivity index (χ0n) is 35.4. The normalized spacial score (nSPS) is 45.7. The minimum atomic E-state index is -0.591. The second kappa shape index (κ2) is 22.9. The van der Waals surface area contributed by atoms with E-state index in [1.807, 2.05) is 28.1 Å². The molecule has 0 aromatic rings. The number of aliphatic hydroxyl groups is 2. The van der Waals surface area contributed by atoms with E-state index in [2.05, 4.69) is 60.8 Å². The van der Waals surface area contributed by atoms with Gasteiger partial charge in [-0.15, -0.1) is 9.80 Å². The van der Waals surface area contributed by atoms with Crippen molar-refractivity contribution in [3.63, 3.8) is 0 Å². The van der Waals surface area contributed by atoms with Crippen LogP contribution in [0.15, 0.2) is 0 Å². The second-order valence-electron chi connectivity index (χ2n) is 20.5. The molecule has 13 heteroatoms. The lowest BCUT2D eigenvalue weighted by Gasteiger charge is -2.57. The molecule has 6 nitrogen and oxygen atoms in total. The van der Waals surface area contributed by atoms with Crippen LogP contribution < -0.4 is 0 Å². The molecule has 0 saturated heterocycles. The predicted octanol–water partition coefficient (Wildman–Crippen LogP) is 11.5. The minimum Gasteiger partial charge on any atom is -0.387 e. The van der Waals surface area contributed by atoms with Gasteiger partial charge in [-0.25, -0.2) is 0 Å². The molecule has 0 bridgehead atoms. The summed E-state index contributed by atoms with van der Waals surface area (Å²) in [5.74, 6) is 9.25. The molecular weight excluding hydrogens is 1060 g/mol. The van der Waals surface area contributed by atoms with Crippen LogP contribution in [0.5, 0.6) is 0 Å².